The molecule has 6 heteroatoms. The Balaban J connectivity index is 2.41. The fraction of sp³-hybridized carbons (Fsp3) is 0.462. The van der Waals surface area contributed by atoms with Crippen LogP contribution in [0.25, 0.3) is 0 Å². The number of aliphatic hydroxyl groups excluding tert-OH is 1. The number of carbonyl (C=O) groups is 1. The number of halogens is 1. The van der Waals surface area contributed by atoms with Gasteiger partial charge in [0, 0.05) is 17.1 Å². The van der Waals surface area contributed by atoms with Crippen LogP contribution in [0.3, 0.4) is 0 Å². The van der Waals surface area contributed by atoms with Gasteiger partial charge in [-0.3, -0.25) is 4.79 Å². The highest BCUT2D eigenvalue weighted by atomic mass is 35.5. The minimum Gasteiger partial charge on any atom is -0.496 e. The molecule has 0 atom stereocenters. The topological polar surface area (TPSA) is 67.8 Å². The third kappa shape index (κ3) is 5.92. The van der Waals surface area contributed by atoms with Crippen molar-refractivity contribution in [2.75, 3.05) is 33.5 Å². The SMILES string of the molecule is COc1ccc(Cl)cc1CC(=O)NCCOCCO. The summed E-state index contributed by atoms with van der Waals surface area (Å²) in [4.78, 5) is 11.7. The van der Waals surface area contributed by atoms with Gasteiger partial charge < -0.3 is 19.9 Å². The molecule has 0 aromatic heterocycles. The molecule has 0 bridgehead atoms. The fourth-order valence-electron chi connectivity index (χ4n) is 1.55. The Morgan fingerprint density at radius 3 is 2.89 bits per heavy atom. The van der Waals surface area contributed by atoms with Crippen LogP contribution < -0.4 is 10.1 Å². The zero-order valence-corrected chi connectivity index (χ0v) is 11.6. The number of hydrogen-bond acceptors (Lipinski definition) is 4. The van der Waals surface area contributed by atoms with Crippen LogP contribution in [0.1, 0.15) is 5.56 Å². The number of carbonyl (C=O) groups excluding carboxylic acids is 1. The zero-order chi connectivity index (χ0) is 14.1. The highest BCUT2D eigenvalue weighted by Gasteiger charge is 2.09. The maximum Gasteiger partial charge on any atom is 0.224 e. The summed E-state index contributed by atoms with van der Waals surface area (Å²) >= 11 is 5.89. The number of benzene rings is 1. The van der Waals surface area contributed by atoms with E-state index in [0.717, 1.165) is 5.56 Å². The van der Waals surface area contributed by atoms with Crippen molar-refractivity contribution in [3.8, 4) is 5.75 Å². The molecule has 1 aromatic carbocycles. The average molecular weight is 288 g/mol. The van der Waals surface area contributed by atoms with Crippen molar-refractivity contribution in [1.82, 2.24) is 5.32 Å². The lowest BCUT2D eigenvalue weighted by Gasteiger charge is -2.09. The molecule has 0 radical (unpaired) electrons. The molecule has 0 unspecified atom stereocenters. The summed E-state index contributed by atoms with van der Waals surface area (Å²) in [5.41, 5.74) is 0.740. The van der Waals surface area contributed by atoms with Crippen molar-refractivity contribution in [3.63, 3.8) is 0 Å². The minimum atomic E-state index is -0.131. The second-order valence-electron chi connectivity index (χ2n) is 3.82. The average Bonchev–Trinajstić information content (AvgIpc) is 2.39. The van der Waals surface area contributed by atoms with Gasteiger partial charge in [0.15, 0.2) is 0 Å². The Kier molecular flexibility index (Phi) is 7.25. The van der Waals surface area contributed by atoms with Gasteiger partial charge in [-0.1, -0.05) is 11.6 Å². The molecule has 106 valence electrons. The van der Waals surface area contributed by atoms with E-state index in [1.807, 2.05) is 0 Å². The van der Waals surface area contributed by atoms with Crippen LogP contribution in [0, 0.1) is 0 Å². The van der Waals surface area contributed by atoms with Gasteiger partial charge in [-0.25, -0.2) is 0 Å². The van der Waals surface area contributed by atoms with Gasteiger partial charge in [0.2, 0.25) is 5.91 Å². The largest absolute Gasteiger partial charge is 0.496 e. The normalized spacial score (nSPS) is 10.3. The third-order valence-electron chi connectivity index (χ3n) is 2.40. The van der Waals surface area contributed by atoms with Gasteiger partial charge in [-0.15, -0.1) is 0 Å². The molecular weight excluding hydrogens is 270 g/mol. The molecule has 19 heavy (non-hydrogen) atoms. The van der Waals surface area contributed by atoms with Gasteiger partial charge in [0.1, 0.15) is 5.75 Å². The van der Waals surface area contributed by atoms with E-state index >= 15 is 0 Å². The molecule has 2 N–H and O–H groups in total. The number of methoxy groups -OCH3 is 1. The summed E-state index contributed by atoms with van der Waals surface area (Å²) in [5, 5.41) is 11.8. The standard InChI is InChI=1S/C13H18ClNO4/c1-18-12-3-2-11(14)8-10(12)9-13(17)15-4-6-19-7-5-16/h2-3,8,16H,4-7,9H2,1H3,(H,15,17). The molecule has 5 nitrogen and oxygen atoms in total. The first-order valence-corrected chi connectivity index (χ1v) is 6.33. The van der Waals surface area contributed by atoms with Gasteiger partial charge >= 0.3 is 0 Å². The Labute approximate surface area is 117 Å². The maximum atomic E-state index is 11.7. The van der Waals surface area contributed by atoms with E-state index in [1.165, 1.54) is 0 Å². The van der Waals surface area contributed by atoms with E-state index in [4.69, 9.17) is 26.2 Å². The summed E-state index contributed by atoms with van der Waals surface area (Å²) in [5.74, 6) is 0.504. The first kappa shape index (κ1) is 15.8. The Bertz CT molecular complexity index is 412. The van der Waals surface area contributed by atoms with Crippen LogP contribution in [-0.2, 0) is 16.0 Å². The fourth-order valence-corrected chi connectivity index (χ4v) is 1.74. The van der Waals surface area contributed by atoms with E-state index in [2.05, 4.69) is 5.32 Å². The molecule has 0 fully saturated rings. The molecule has 0 saturated carbocycles. The third-order valence-corrected chi connectivity index (χ3v) is 2.63. The smallest absolute Gasteiger partial charge is 0.224 e. The number of nitrogens with one attached hydrogen (secondary N) is 1. The molecule has 0 aliphatic heterocycles. The predicted molar refractivity (Wildman–Crippen MR) is 72.6 cm³/mol. The van der Waals surface area contributed by atoms with E-state index in [-0.39, 0.29) is 25.5 Å². The molecule has 0 saturated heterocycles. The summed E-state index contributed by atoms with van der Waals surface area (Å²) in [6.45, 7) is 1.03. The number of ether oxygens (including phenoxy) is 2. The van der Waals surface area contributed by atoms with E-state index in [9.17, 15) is 4.79 Å². The van der Waals surface area contributed by atoms with Crippen LogP contribution in [0.2, 0.25) is 5.02 Å². The van der Waals surface area contributed by atoms with Crippen LogP contribution in [-0.4, -0.2) is 44.5 Å². The van der Waals surface area contributed by atoms with Crippen LogP contribution in [0.4, 0.5) is 0 Å². The van der Waals surface area contributed by atoms with Crippen molar-refractivity contribution in [2.45, 2.75) is 6.42 Å². The predicted octanol–water partition coefficient (Wildman–Crippen LogP) is 1.02. The maximum absolute atomic E-state index is 11.7. The monoisotopic (exact) mass is 287 g/mol. The van der Waals surface area contributed by atoms with Gasteiger partial charge in [0.25, 0.3) is 0 Å². The quantitative estimate of drug-likeness (QED) is 0.701. The number of rotatable bonds is 8. The second-order valence-corrected chi connectivity index (χ2v) is 4.26. The van der Waals surface area contributed by atoms with Crippen LogP contribution in [0.15, 0.2) is 18.2 Å². The van der Waals surface area contributed by atoms with Crippen molar-refractivity contribution < 1.29 is 19.4 Å². The molecular formula is C13H18ClNO4. The van der Waals surface area contributed by atoms with Gasteiger partial charge in [-0.2, -0.15) is 0 Å². The summed E-state index contributed by atoms with van der Waals surface area (Å²) in [6.07, 6.45) is 0.198. The lowest BCUT2D eigenvalue weighted by molar-refractivity contribution is -0.120. The van der Waals surface area contributed by atoms with Crippen molar-refractivity contribution >= 4 is 17.5 Å². The van der Waals surface area contributed by atoms with Gasteiger partial charge in [-0.05, 0) is 18.2 Å². The Morgan fingerprint density at radius 2 is 2.21 bits per heavy atom. The summed E-state index contributed by atoms with van der Waals surface area (Å²) < 4.78 is 10.2. The first-order valence-electron chi connectivity index (χ1n) is 5.95. The van der Waals surface area contributed by atoms with Crippen LogP contribution >= 0.6 is 11.6 Å². The second kappa shape index (κ2) is 8.74. The molecule has 0 aliphatic carbocycles. The number of amides is 1. The number of aliphatic hydroxyl groups is 1. The molecule has 0 heterocycles. The minimum absolute atomic E-state index is 0.0202. The molecule has 0 aliphatic rings. The van der Waals surface area contributed by atoms with E-state index in [1.54, 1.807) is 25.3 Å². The lowest BCUT2D eigenvalue weighted by atomic mass is 10.1. The van der Waals surface area contributed by atoms with Gasteiger partial charge in [0.05, 0.1) is 33.4 Å². The van der Waals surface area contributed by atoms with Crippen molar-refractivity contribution in [2.24, 2.45) is 0 Å². The number of hydrogen-bond donors (Lipinski definition) is 2. The highest BCUT2D eigenvalue weighted by molar-refractivity contribution is 6.30. The zero-order valence-electron chi connectivity index (χ0n) is 10.8. The Hall–Kier alpha value is -1.30. The summed E-state index contributed by atoms with van der Waals surface area (Å²) in [7, 11) is 1.55. The molecule has 1 aromatic rings. The lowest BCUT2D eigenvalue weighted by Crippen LogP contribution is -2.29. The first-order chi connectivity index (χ1) is 9.17. The molecule has 0 spiro atoms. The van der Waals surface area contributed by atoms with Crippen LogP contribution in [0.5, 0.6) is 5.75 Å². The molecule has 1 amide bonds. The van der Waals surface area contributed by atoms with Crippen molar-refractivity contribution in [1.29, 1.82) is 0 Å². The van der Waals surface area contributed by atoms with Crippen molar-refractivity contribution in [3.05, 3.63) is 28.8 Å². The highest BCUT2D eigenvalue weighted by Crippen LogP contribution is 2.22. The van der Waals surface area contributed by atoms with E-state index < -0.39 is 0 Å². The Morgan fingerprint density at radius 1 is 1.42 bits per heavy atom. The summed E-state index contributed by atoms with van der Waals surface area (Å²) in [6, 6.07) is 5.15. The van der Waals surface area contributed by atoms with E-state index in [0.29, 0.717) is 23.9 Å². The molecule has 1 rings (SSSR count).